The van der Waals surface area contributed by atoms with E-state index < -0.39 is 5.91 Å². The van der Waals surface area contributed by atoms with Crippen molar-refractivity contribution in [3.05, 3.63) is 59.2 Å². The number of methoxy groups -OCH3 is 1. The third-order valence-corrected chi connectivity index (χ3v) is 5.73. The van der Waals surface area contributed by atoms with Gasteiger partial charge in [-0.2, -0.15) is 0 Å². The number of carbonyl (C=O) groups excluding carboxylic acids is 1. The summed E-state index contributed by atoms with van der Waals surface area (Å²) >= 11 is 0. The van der Waals surface area contributed by atoms with Crippen LogP contribution in [0.15, 0.2) is 42.5 Å². The number of fused-ring (bicyclic) bond motifs is 1. The number of nitrogens with one attached hydrogen (secondary N) is 1. The van der Waals surface area contributed by atoms with Crippen LogP contribution in [0.4, 0.5) is 0 Å². The second-order valence-electron chi connectivity index (χ2n) is 7.57. The highest BCUT2D eigenvalue weighted by atomic mass is 16.5. The fourth-order valence-corrected chi connectivity index (χ4v) is 4.00. The number of benzene rings is 2. The fraction of sp³-hybridized carbons (Fsp3) is 0.409. The van der Waals surface area contributed by atoms with E-state index in [1.165, 1.54) is 0 Å². The average Bonchev–Trinajstić information content (AvgIpc) is 2.73. The molecule has 0 saturated carbocycles. The Balaban J connectivity index is 1.48. The van der Waals surface area contributed by atoms with E-state index in [4.69, 9.17) is 9.47 Å². The summed E-state index contributed by atoms with van der Waals surface area (Å²) in [4.78, 5) is 12.7. The van der Waals surface area contributed by atoms with Crippen LogP contribution in [0.25, 0.3) is 0 Å². The molecule has 2 aliphatic heterocycles. The van der Waals surface area contributed by atoms with Gasteiger partial charge in [-0.3, -0.25) is 10.0 Å². The smallest absolute Gasteiger partial charge is 0.277 e. The van der Waals surface area contributed by atoms with Crippen LogP contribution in [0.1, 0.15) is 40.7 Å². The molecule has 148 valence electrons. The molecule has 0 unspecified atom stereocenters. The van der Waals surface area contributed by atoms with Gasteiger partial charge in [0.15, 0.2) is 0 Å². The van der Waals surface area contributed by atoms with Gasteiger partial charge in [0.05, 0.1) is 13.7 Å². The summed E-state index contributed by atoms with van der Waals surface area (Å²) < 4.78 is 11.5. The van der Waals surface area contributed by atoms with Crippen LogP contribution in [0.3, 0.4) is 0 Å². The Bertz CT molecular complexity index is 844. The maximum atomic E-state index is 12.7. The minimum atomic E-state index is -0.438. The number of piperidine rings is 1. The summed E-state index contributed by atoms with van der Waals surface area (Å²) in [6.07, 6.45) is 3.93. The summed E-state index contributed by atoms with van der Waals surface area (Å²) in [6.45, 7) is 2.02. The van der Waals surface area contributed by atoms with E-state index in [1.54, 1.807) is 31.4 Å². The average molecular weight is 382 g/mol. The first-order valence-corrected chi connectivity index (χ1v) is 9.75. The molecule has 1 saturated heterocycles. The number of nitrogens with zero attached hydrogens (tertiary/aromatic N) is 1. The second-order valence-corrected chi connectivity index (χ2v) is 7.57. The maximum absolute atomic E-state index is 12.7. The molecule has 0 bridgehead atoms. The molecule has 1 amide bonds. The molecule has 1 fully saturated rings. The Labute approximate surface area is 165 Å². The Hall–Kier alpha value is -2.57. The Morgan fingerprint density at radius 2 is 1.93 bits per heavy atom. The molecular weight excluding hydrogens is 356 g/mol. The molecule has 2 N–H and O–H groups in total. The zero-order valence-electron chi connectivity index (χ0n) is 16.1. The predicted molar refractivity (Wildman–Crippen MR) is 105 cm³/mol. The molecule has 1 spiro atoms. The third kappa shape index (κ3) is 3.84. The van der Waals surface area contributed by atoms with E-state index >= 15 is 0 Å². The molecule has 28 heavy (non-hydrogen) atoms. The van der Waals surface area contributed by atoms with Crippen molar-refractivity contribution in [2.24, 2.45) is 0 Å². The lowest BCUT2D eigenvalue weighted by Crippen LogP contribution is -2.48. The number of rotatable bonds is 4. The first-order valence-electron chi connectivity index (χ1n) is 9.75. The van der Waals surface area contributed by atoms with Crippen LogP contribution in [0.5, 0.6) is 11.5 Å². The van der Waals surface area contributed by atoms with Crippen molar-refractivity contribution in [1.82, 2.24) is 10.4 Å². The largest absolute Gasteiger partial charge is 0.497 e. The molecule has 6 nitrogen and oxygen atoms in total. The summed E-state index contributed by atoms with van der Waals surface area (Å²) in [7, 11) is 1.60. The standard InChI is InChI=1S/C22H26N2O4/c1-27-19-6-2-16(3-7-19)15-24(26)21(25)18-5-4-17-8-9-22(28-20(17)14-18)10-12-23-13-11-22/h2-7,14,23,26H,8-13,15H2,1H3. The maximum Gasteiger partial charge on any atom is 0.277 e. The zero-order chi connectivity index (χ0) is 19.6. The van der Waals surface area contributed by atoms with Crippen LogP contribution in [0.2, 0.25) is 0 Å². The van der Waals surface area contributed by atoms with E-state index in [9.17, 15) is 10.0 Å². The highest BCUT2D eigenvalue weighted by Crippen LogP contribution is 2.38. The predicted octanol–water partition coefficient (Wildman–Crippen LogP) is 3.17. The SMILES string of the molecule is COc1ccc(CN(O)C(=O)c2ccc3c(c2)OC2(CCNCC2)CC3)cc1. The normalized spacial score (nSPS) is 17.5. The first kappa shape index (κ1) is 18.8. The van der Waals surface area contributed by atoms with Crippen molar-refractivity contribution >= 4 is 5.91 Å². The van der Waals surface area contributed by atoms with E-state index in [-0.39, 0.29) is 12.1 Å². The van der Waals surface area contributed by atoms with Crippen LogP contribution >= 0.6 is 0 Å². The van der Waals surface area contributed by atoms with Crippen LogP contribution in [-0.4, -0.2) is 42.0 Å². The lowest BCUT2D eigenvalue weighted by atomic mass is 9.83. The van der Waals surface area contributed by atoms with Gasteiger partial charge in [0.25, 0.3) is 5.91 Å². The third-order valence-electron chi connectivity index (χ3n) is 5.73. The molecule has 0 radical (unpaired) electrons. The van der Waals surface area contributed by atoms with Crippen molar-refractivity contribution < 1.29 is 19.5 Å². The first-order chi connectivity index (χ1) is 13.6. The van der Waals surface area contributed by atoms with Gasteiger partial charge < -0.3 is 14.8 Å². The van der Waals surface area contributed by atoms with Gasteiger partial charge in [-0.05, 0) is 74.2 Å². The number of aryl methyl sites for hydroxylation is 1. The number of amides is 1. The second kappa shape index (κ2) is 7.81. The van der Waals surface area contributed by atoms with Crippen molar-refractivity contribution in [1.29, 1.82) is 0 Å². The molecule has 0 aliphatic carbocycles. The van der Waals surface area contributed by atoms with Crippen molar-refractivity contribution in [2.45, 2.75) is 37.8 Å². The zero-order valence-corrected chi connectivity index (χ0v) is 16.1. The number of hydroxylamine groups is 2. The Morgan fingerprint density at radius 1 is 1.18 bits per heavy atom. The van der Waals surface area contributed by atoms with Crippen LogP contribution in [0, 0.1) is 0 Å². The van der Waals surface area contributed by atoms with E-state index in [2.05, 4.69) is 5.32 Å². The summed E-state index contributed by atoms with van der Waals surface area (Å²) in [5.41, 5.74) is 2.25. The molecule has 6 heteroatoms. The van der Waals surface area contributed by atoms with Crippen LogP contribution < -0.4 is 14.8 Å². The van der Waals surface area contributed by atoms with E-state index in [0.717, 1.165) is 66.5 Å². The van der Waals surface area contributed by atoms with Gasteiger partial charge in [-0.25, -0.2) is 5.06 Å². The summed E-state index contributed by atoms with van der Waals surface area (Å²) in [6, 6.07) is 12.7. The van der Waals surface area contributed by atoms with Crippen molar-refractivity contribution in [3.63, 3.8) is 0 Å². The van der Waals surface area contributed by atoms with Gasteiger partial charge in [-0.15, -0.1) is 0 Å². The number of carbonyl (C=O) groups is 1. The molecule has 0 aromatic heterocycles. The monoisotopic (exact) mass is 382 g/mol. The van der Waals surface area contributed by atoms with E-state index in [0.29, 0.717) is 5.56 Å². The summed E-state index contributed by atoms with van der Waals surface area (Å²) in [5, 5.41) is 14.4. The fourth-order valence-electron chi connectivity index (χ4n) is 4.00. The molecule has 2 aliphatic rings. The van der Waals surface area contributed by atoms with Gasteiger partial charge >= 0.3 is 0 Å². The molecular formula is C22H26N2O4. The van der Waals surface area contributed by atoms with Gasteiger partial charge in [0.2, 0.25) is 0 Å². The van der Waals surface area contributed by atoms with Crippen LogP contribution in [-0.2, 0) is 13.0 Å². The molecule has 4 rings (SSSR count). The number of ether oxygens (including phenoxy) is 2. The Morgan fingerprint density at radius 3 is 2.64 bits per heavy atom. The minimum absolute atomic E-state index is 0.108. The molecule has 2 aromatic rings. The van der Waals surface area contributed by atoms with Gasteiger partial charge in [-0.1, -0.05) is 18.2 Å². The van der Waals surface area contributed by atoms with Gasteiger partial charge in [0.1, 0.15) is 17.1 Å². The lowest BCUT2D eigenvalue weighted by molar-refractivity contribution is -0.0648. The van der Waals surface area contributed by atoms with E-state index in [1.807, 2.05) is 18.2 Å². The molecule has 0 atom stereocenters. The molecule has 2 heterocycles. The molecule has 2 aromatic carbocycles. The van der Waals surface area contributed by atoms with Crippen molar-refractivity contribution in [3.8, 4) is 11.5 Å². The van der Waals surface area contributed by atoms with Crippen molar-refractivity contribution in [2.75, 3.05) is 20.2 Å². The topological polar surface area (TPSA) is 71.0 Å². The lowest BCUT2D eigenvalue weighted by Gasteiger charge is -2.41. The summed E-state index contributed by atoms with van der Waals surface area (Å²) in [5.74, 6) is 1.07. The number of hydrogen-bond donors (Lipinski definition) is 2. The highest BCUT2D eigenvalue weighted by Gasteiger charge is 2.37. The number of hydrogen-bond acceptors (Lipinski definition) is 5. The quantitative estimate of drug-likeness (QED) is 0.628. The van der Waals surface area contributed by atoms with Gasteiger partial charge in [0, 0.05) is 5.56 Å². The highest BCUT2D eigenvalue weighted by molar-refractivity contribution is 5.94. The Kier molecular flexibility index (Phi) is 5.24. The minimum Gasteiger partial charge on any atom is -0.497 e.